The third kappa shape index (κ3) is 20.8. The summed E-state index contributed by atoms with van der Waals surface area (Å²) in [5.74, 6) is -8.16. The van der Waals surface area contributed by atoms with Gasteiger partial charge in [-0.15, -0.1) is 0 Å². The molecule has 17 N–H and O–H groups in total. The Hall–Kier alpha value is -5.58. The number of guanidine groups is 1. The Kier molecular flexibility index (Phi) is 21.9. The number of primary amides is 1. The molecule has 23 nitrogen and oxygen atoms in total. The van der Waals surface area contributed by atoms with E-state index in [1.54, 1.807) is 0 Å². The summed E-state index contributed by atoms with van der Waals surface area (Å²) in [6, 6.07) is -6.40. The van der Waals surface area contributed by atoms with Gasteiger partial charge < -0.3 is 70.4 Å². The van der Waals surface area contributed by atoms with Crippen molar-refractivity contribution in [3.05, 3.63) is 0 Å². The van der Waals surface area contributed by atoms with Crippen LogP contribution < -0.4 is 60.2 Å². The van der Waals surface area contributed by atoms with Gasteiger partial charge in [-0.3, -0.25) is 43.3 Å². The number of carboxylic acids is 1. The normalized spacial score (nSPS) is 13.5. The Morgan fingerprint density at radius 1 is 0.654 bits per heavy atom. The van der Waals surface area contributed by atoms with Gasteiger partial charge in [-0.05, 0) is 38.5 Å². The SMILES string of the molecule is CC(C)C[C@H](N)C(=O)NCC(=O)N[C@@H](CO)C(=O)N[C@@H](CCC(N)=O)C(=O)NCC(=O)N[C@@H](C)C(=O)NCC(=O)N[C@@H](CCCN=C(N)N)C(=O)O. The predicted octanol–water partition coefficient (Wildman–Crippen LogP) is -6.94. The Morgan fingerprint density at radius 2 is 1.17 bits per heavy atom. The minimum Gasteiger partial charge on any atom is -0.480 e. The molecule has 0 aliphatic heterocycles. The van der Waals surface area contributed by atoms with Crippen LogP contribution in [-0.4, -0.2) is 132 Å². The monoisotopic (exact) mass is 744 g/mol. The first-order chi connectivity index (χ1) is 24.3. The molecule has 0 aromatic rings. The fraction of sp³-hybridized carbons (Fsp3) is 0.655. The Bertz CT molecular complexity index is 1310. The van der Waals surface area contributed by atoms with Gasteiger partial charge >= 0.3 is 5.97 Å². The lowest BCUT2D eigenvalue weighted by molar-refractivity contribution is -0.142. The van der Waals surface area contributed by atoms with E-state index in [4.69, 9.17) is 22.9 Å². The van der Waals surface area contributed by atoms with Gasteiger partial charge in [-0.1, -0.05) is 13.8 Å². The van der Waals surface area contributed by atoms with E-state index in [0.29, 0.717) is 6.42 Å². The maximum absolute atomic E-state index is 12.8. The zero-order chi connectivity index (χ0) is 40.0. The molecule has 294 valence electrons. The molecule has 5 atom stereocenters. The minimum atomic E-state index is -1.58. The van der Waals surface area contributed by atoms with E-state index in [1.807, 2.05) is 13.8 Å². The van der Waals surface area contributed by atoms with E-state index in [2.05, 4.69) is 42.2 Å². The molecular formula is C29H52N12O11. The number of carboxylic acid groups (broad SMARTS) is 1. The molecule has 0 aliphatic rings. The number of nitrogens with zero attached hydrogens (tertiary/aromatic N) is 1. The molecule has 0 heterocycles. The third-order valence-corrected chi connectivity index (χ3v) is 6.83. The molecule has 0 radical (unpaired) electrons. The van der Waals surface area contributed by atoms with Crippen LogP contribution in [0.25, 0.3) is 0 Å². The molecule has 52 heavy (non-hydrogen) atoms. The molecule has 8 amide bonds. The summed E-state index contributed by atoms with van der Waals surface area (Å²) in [6.07, 6.45) is -0.0870. The van der Waals surface area contributed by atoms with Gasteiger partial charge in [0.2, 0.25) is 47.3 Å². The number of nitrogens with one attached hydrogen (secondary N) is 7. The fourth-order valence-electron chi connectivity index (χ4n) is 4.16. The second-order valence-corrected chi connectivity index (χ2v) is 12.0. The number of hydrogen-bond donors (Lipinski definition) is 13. The van der Waals surface area contributed by atoms with Gasteiger partial charge in [0.15, 0.2) is 5.96 Å². The number of rotatable bonds is 25. The van der Waals surface area contributed by atoms with Gasteiger partial charge in [-0.25, -0.2) is 4.79 Å². The Labute approximate surface area is 299 Å². The van der Waals surface area contributed by atoms with Crippen molar-refractivity contribution in [3.63, 3.8) is 0 Å². The summed E-state index contributed by atoms with van der Waals surface area (Å²) in [5, 5.41) is 34.7. The van der Waals surface area contributed by atoms with Crippen LogP contribution >= 0.6 is 0 Å². The summed E-state index contributed by atoms with van der Waals surface area (Å²) in [6.45, 7) is 2.32. The van der Waals surface area contributed by atoms with Gasteiger partial charge in [0.25, 0.3) is 0 Å². The van der Waals surface area contributed by atoms with Crippen LogP contribution in [0.1, 0.15) is 52.9 Å². The molecule has 0 saturated heterocycles. The lowest BCUT2D eigenvalue weighted by Crippen LogP contribution is -2.57. The second-order valence-electron chi connectivity index (χ2n) is 12.0. The van der Waals surface area contributed by atoms with Gasteiger partial charge in [0.05, 0.1) is 32.3 Å². The molecule has 0 bridgehead atoms. The number of carbonyl (C=O) groups excluding carboxylic acids is 8. The quantitative estimate of drug-likeness (QED) is 0.0235. The topological polar surface area (TPSA) is 395 Å². The van der Waals surface area contributed by atoms with E-state index in [-0.39, 0.29) is 44.1 Å². The van der Waals surface area contributed by atoms with Crippen LogP contribution in [0.15, 0.2) is 4.99 Å². The number of aliphatic hydroxyl groups excluding tert-OH is 1. The van der Waals surface area contributed by atoms with Crippen LogP contribution in [0, 0.1) is 5.92 Å². The standard InChI is InChI=1S/C29H52N12O11/c1-14(2)9-16(30)25(48)36-12-23(46)40-19(13-42)27(50)41-17(6-7-20(31)43)26(49)37-10-21(44)38-15(3)24(47)35-11-22(45)39-18(28(51)52)5-4-8-34-29(32)33/h14-19,42H,4-13,30H2,1-3H3,(H2,31,43)(H,35,47)(H,36,48)(H,37,49)(H,38,44)(H,39,45)(H,40,46)(H,41,50)(H,51,52)(H4,32,33,34)/t15-,16-,17-,18-,19-/m0/s1. The van der Waals surface area contributed by atoms with Crippen LogP contribution in [0.2, 0.25) is 0 Å². The average molecular weight is 745 g/mol. The Morgan fingerprint density at radius 3 is 1.67 bits per heavy atom. The number of hydrogen-bond acceptors (Lipinski definition) is 12. The molecule has 0 aromatic carbocycles. The van der Waals surface area contributed by atoms with Crippen molar-refractivity contribution in [3.8, 4) is 0 Å². The lowest BCUT2D eigenvalue weighted by Gasteiger charge is -2.22. The molecule has 0 aliphatic carbocycles. The van der Waals surface area contributed by atoms with E-state index >= 15 is 0 Å². The van der Waals surface area contributed by atoms with Crippen molar-refractivity contribution in [2.75, 3.05) is 32.8 Å². The first kappa shape index (κ1) is 46.4. The highest BCUT2D eigenvalue weighted by atomic mass is 16.4. The first-order valence-electron chi connectivity index (χ1n) is 16.2. The molecule has 0 unspecified atom stereocenters. The molecule has 0 saturated carbocycles. The highest BCUT2D eigenvalue weighted by Gasteiger charge is 2.28. The van der Waals surface area contributed by atoms with Crippen molar-refractivity contribution in [1.29, 1.82) is 0 Å². The summed E-state index contributed by atoms with van der Waals surface area (Å²) in [7, 11) is 0. The Balaban J connectivity index is 5.03. The van der Waals surface area contributed by atoms with Crippen molar-refractivity contribution in [1.82, 2.24) is 37.2 Å². The van der Waals surface area contributed by atoms with Crippen molar-refractivity contribution >= 4 is 59.2 Å². The third-order valence-electron chi connectivity index (χ3n) is 6.83. The predicted molar refractivity (Wildman–Crippen MR) is 183 cm³/mol. The lowest BCUT2D eigenvalue weighted by atomic mass is 10.0. The second kappa shape index (κ2) is 24.5. The molecule has 23 heteroatoms. The zero-order valence-corrected chi connectivity index (χ0v) is 29.4. The van der Waals surface area contributed by atoms with Crippen LogP contribution in [0.3, 0.4) is 0 Å². The summed E-state index contributed by atoms with van der Waals surface area (Å²) < 4.78 is 0. The first-order valence-corrected chi connectivity index (χ1v) is 16.2. The number of aliphatic hydroxyl groups is 1. The van der Waals surface area contributed by atoms with E-state index in [0.717, 1.165) is 0 Å². The maximum atomic E-state index is 12.8. The zero-order valence-electron chi connectivity index (χ0n) is 29.4. The number of aliphatic imine (C=N–C) groups is 1. The number of aliphatic carboxylic acids is 1. The van der Waals surface area contributed by atoms with Crippen LogP contribution in [0.5, 0.6) is 0 Å². The summed E-state index contributed by atoms with van der Waals surface area (Å²) >= 11 is 0. The van der Waals surface area contributed by atoms with Crippen LogP contribution in [-0.2, 0) is 43.2 Å². The molecule has 0 aromatic heterocycles. The van der Waals surface area contributed by atoms with E-state index in [9.17, 15) is 53.4 Å². The molecule has 0 fully saturated rings. The van der Waals surface area contributed by atoms with Crippen molar-refractivity contribution in [2.45, 2.75) is 83.1 Å². The largest absolute Gasteiger partial charge is 0.480 e. The number of amides is 8. The number of carbonyl (C=O) groups is 9. The molecule has 0 rings (SSSR count). The number of nitrogens with two attached hydrogens (primary N) is 4. The molecule has 0 spiro atoms. The van der Waals surface area contributed by atoms with Gasteiger partial charge in [-0.2, -0.15) is 0 Å². The summed E-state index contributed by atoms with van der Waals surface area (Å²) in [4.78, 5) is 113. The minimum absolute atomic E-state index is 0.00519. The van der Waals surface area contributed by atoms with E-state index in [1.165, 1.54) is 6.92 Å². The highest BCUT2D eigenvalue weighted by molar-refractivity contribution is 5.96. The van der Waals surface area contributed by atoms with Gasteiger partial charge in [0.1, 0.15) is 24.2 Å². The summed E-state index contributed by atoms with van der Waals surface area (Å²) in [5.41, 5.74) is 21.3. The van der Waals surface area contributed by atoms with Gasteiger partial charge in [0, 0.05) is 13.0 Å². The fourth-order valence-corrected chi connectivity index (χ4v) is 4.16. The van der Waals surface area contributed by atoms with Crippen molar-refractivity contribution < 1.29 is 53.4 Å². The van der Waals surface area contributed by atoms with Crippen LogP contribution in [0.4, 0.5) is 0 Å². The van der Waals surface area contributed by atoms with E-state index < -0.39 is 110 Å². The average Bonchev–Trinajstić information content (AvgIpc) is 3.05. The molecular weight excluding hydrogens is 692 g/mol. The smallest absolute Gasteiger partial charge is 0.326 e. The maximum Gasteiger partial charge on any atom is 0.326 e. The highest BCUT2D eigenvalue weighted by Crippen LogP contribution is 2.03. The van der Waals surface area contributed by atoms with Crippen molar-refractivity contribution in [2.24, 2.45) is 33.8 Å².